The lowest BCUT2D eigenvalue weighted by Gasteiger charge is -2.02. The second-order valence-corrected chi connectivity index (χ2v) is 4.22. The molecule has 0 amide bonds. The van der Waals surface area contributed by atoms with Crippen LogP contribution in [0.3, 0.4) is 0 Å². The van der Waals surface area contributed by atoms with Crippen LogP contribution in [0.4, 0.5) is 0 Å². The van der Waals surface area contributed by atoms with Crippen LogP contribution in [0.1, 0.15) is 18.6 Å². The number of allylic oxidation sites excluding steroid dienone is 2. The number of furan rings is 1. The molecule has 1 aliphatic carbocycles. The lowest BCUT2D eigenvalue weighted by Crippen LogP contribution is -2.15. The number of hydrogen-bond donors (Lipinski definition) is 2. The van der Waals surface area contributed by atoms with Gasteiger partial charge in [0.15, 0.2) is 5.78 Å². The van der Waals surface area contributed by atoms with Crippen LogP contribution in [0.5, 0.6) is 0 Å². The van der Waals surface area contributed by atoms with E-state index < -0.39 is 0 Å². The first-order valence-corrected chi connectivity index (χ1v) is 5.84. The zero-order valence-corrected chi connectivity index (χ0v) is 9.45. The highest BCUT2D eigenvalue weighted by atomic mass is 16.3. The highest BCUT2D eigenvalue weighted by molar-refractivity contribution is 6.13. The van der Waals surface area contributed by atoms with E-state index in [9.17, 15) is 4.79 Å². The van der Waals surface area contributed by atoms with Gasteiger partial charge in [0.2, 0.25) is 0 Å². The van der Waals surface area contributed by atoms with Crippen molar-refractivity contribution in [3.63, 3.8) is 0 Å². The van der Waals surface area contributed by atoms with Crippen molar-refractivity contribution in [1.29, 1.82) is 0 Å². The molecule has 0 spiro atoms. The number of Topliss-reactive ketones (excluding diaryl/α,β-unsaturated/α-hetero) is 1. The van der Waals surface area contributed by atoms with E-state index >= 15 is 0 Å². The SMILES string of the molecule is O=C1C(=Cc2ccco2)CCC1=C1NCCN1. The molecule has 88 valence electrons. The molecule has 0 aromatic carbocycles. The molecule has 1 saturated carbocycles. The summed E-state index contributed by atoms with van der Waals surface area (Å²) in [5, 5.41) is 6.41. The van der Waals surface area contributed by atoms with Gasteiger partial charge in [-0.2, -0.15) is 0 Å². The van der Waals surface area contributed by atoms with Gasteiger partial charge < -0.3 is 15.1 Å². The first-order chi connectivity index (χ1) is 8.34. The maximum absolute atomic E-state index is 12.2. The summed E-state index contributed by atoms with van der Waals surface area (Å²) in [5.41, 5.74) is 1.71. The molecule has 0 bridgehead atoms. The summed E-state index contributed by atoms with van der Waals surface area (Å²) >= 11 is 0. The summed E-state index contributed by atoms with van der Waals surface area (Å²) in [6.45, 7) is 1.78. The van der Waals surface area contributed by atoms with E-state index in [4.69, 9.17) is 4.42 Å². The molecule has 2 aliphatic rings. The van der Waals surface area contributed by atoms with Crippen LogP contribution >= 0.6 is 0 Å². The molecule has 0 unspecified atom stereocenters. The Kier molecular flexibility index (Phi) is 2.48. The molecular formula is C13H14N2O2. The third-order valence-electron chi connectivity index (χ3n) is 3.10. The summed E-state index contributed by atoms with van der Waals surface area (Å²) in [5.74, 6) is 1.79. The van der Waals surface area contributed by atoms with Crippen molar-refractivity contribution in [3.05, 3.63) is 41.1 Å². The molecule has 1 aromatic heterocycles. The van der Waals surface area contributed by atoms with E-state index in [1.165, 1.54) is 0 Å². The van der Waals surface area contributed by atoms with E-state index in [2.05, 4.69) is 10.6 Å². The fourth-order valence-electron chi connectivity index (χ4n) is 2.25. The first kappa shape index (κ1) is 10.2. The average molecular weight is 230 g/mol. The number of rotatable bonds is 1. The van der Waals surface area contributed by atoms with E-state index in [0.29, 0.717) is 0 Å². The van der Waals surface area contributed by atoms with Gasteiger partial charge >= 0.3 is 0 Å². The van der Waals surface area contributed by atoms with Crippen LogP contribution < -0.4 is 10.6 Å². The average Bonchev–Trinajstić information content (AvgIpc) is 3.03. The molecule has 4 heteroatoms. The number of ketones is 1. The van der Waals surface area contributed by atoms with Crippen LogP contribution in [-0.2, 0) is 4.79 Å². The largest absolute Gasteiger partial charge is 0.465 e. The van der Waals surface area contributed by atoms with Gasteiger partial charge in [-0.1, -0.05) is 0 Å². The van der Waals surface area contributed by atoms with Gasteiger partial charge in [-0.3, -0.25) is 4.79 Å². The smallest absolute Gasteiger partial charge is 0.188 e. The van der Waals surface area contributed by atoms with Crippen molar-refractivity contribution < 1.29 is 9.21 Å². The summed E-state index contributed by atoms with van der Waals surface area (Å²) in [6, 6.07) is 3.68. The minimum atomic E-state index is 0.137. The van der Waals surface area contributed by atoms with Crippen molar-refractivity contribution in [2.75, 3.05) is 13.1 Å². The fraction of sp³-hybridized carbons (Fsp3) is 0.308. The Labute approximate surface area is 99.4 Å². The zero-order chi connectivity index (χ0) is 11.7. The van der Waals surface area contributed by atoms with E-state index in [1.54, 1.807) is 6.26 Å². The predicted molar refractivity (Wildman–Crippen MR) is 64.0 cm³/mol. The van der Waals surface area contributed by atoms with E-state index in [1.807, 2.05) is 18.2 Å². The Bertz CT molecular complexity index is 489. The molecule has 0 radical (unpaired) electrons. The lowest BCUT2D eigenvalue weighted by atomic mass is 10.1. The van der Waals surface area contributed by atoms with Crippen LogP contribution in [0.2, 0.25) is 0 Å². The van der Waals surface area contributed by atoms with Crippen LogP contribution in [-0.4, -0.2) is 18.9 Å². The van der Waals surface area contributed by atoms with Gasteiger partial charge in [0.05, 0.1) is 6.26 Å². The molecule has 1 saturated heterocycles. The monoisotopic (exact) mass is 230 g/mol. The fourth-order valence-corrected chi connectivity index (χ4v) is 2.25. The minimum Gasteiger partial charge on any atom is -0.465 e. The molecule has 4 nitrogen and oxygen atoms in total. The standard InChI is InChI=1S/C13H14N2O2/c16-12-9(8-10-2-1-7-17-10)3-4-11(12)13-14-5-6-15-13/h1-2,7-8,14-15H,3-6H2. The summed E-state index contributed by atoms with van der Waals surface area (Å²) in [7, 11) is 0. The predicted octanol–water partition coefficient (Wildman–Crippen LogP) is 1.43. The Morgan fingerprint density at radius 1 is 1.24 bits per heavy atom. The van der Waals surface area contributed by atoms with Crippen molar-refractivity contribution in [2.45, 2.75) is 12.8 Å². The van der Waals surface area contributed by atoms with Gasteiger partial charge in [-0.05, 0) is 31.1 Å². The van der Waals surface area contributed by atoms with Gasteiger partial charge in [0.25, 0.3) is 0 Å². The normalized spacial score (nSPS) is 22.1. The zero-order valence-electron chi connectivity index (χ0n) is 9.45. The second-order valence-electron chi connectivity index (χ2n) is 4.22. The molecule has 1 aromatic rings. The van der Waals surface area contributed by atoms with Gasteiger partial charge in [-0.25, -0.2) is 0 Å². The number of carbonyl (C=O) groups excluding carboxylic acids is 1. The van der Waals surface area contributed by atoms with Crippen molar-refractivity contribution in [1.82, 2.24) is 10.6 Å². The van der Waals surface area contributed by atoms with Crippen LogP contribution in [0.15, 0.2) is 39.8 Å². The van der Waals surface area contributed by atoms with Crippen LogP contribution in [0, 0.1) is 0 Å². The minimum absolute atomic E-state index is 0.137. The molecule has 2 N–H and O–H groups in total. The van der Waals surface area contributed by atoms with E-state index in [0.717, 1.165) is 48.7 Å². The molecule has 2 fully saturated rings. The number of nitrogens with one attached hydrogen (secondary N) is 2. The van der Waals surface area contributed by atoms with Gasteiger partial charge in [-0.15, -0.1) is 0 Å². The van der Waals surface area contributed by atoms with Crippen LogP contribution in [0.25, 0.3) is 6.08 Å². The lowest BCUT2D eigenvalue weighted by molar-refractivity contribution is -0.111. The molecule has 2 heterocycles. The maximum atomic E-state index is 12.2. The summed E-state index contributed by atoms with van der Waals surface area (Å²) < 4.78 is 5.23. The third-order valence-corrected chi connectivity index (χ3v) is 3.10. The Morgan fingerprint density at radius 3 is 2.76 bits per heavy atom. The molecule has 3 rings (SSSR count). The Hall–Kier alpha value is -1.97. The summed E-state index contributed by atoms with van der Waals surface area (Å²) in [4.78, 5) is 12.2. The quantitative estimate of drug-likeness (QED) is 0.717. The van der Waals surface area contributed by atoms with Crippen molar-refractivity contribution in [3.8, 4) is 0 Å². The van der Waals surface area contributed by atoms with E-state index in [-0.39, 0.29) is 5.78 Å². The topological polar surface area (TPSA) is 54.3 Å². The maximum Gasteiger partial charge on any atom is 0.188 e. The van der Waals surface area contributed by atoms with Gasteiger partial charge in [0, 0.05) is 24.2 Å². The first-order valence-electron chi connectivity index (χ1n) is 5.84. The highest BCUT2D eigenvalue weighted by Crippen LogP contribution is 2.29. The number of carbonyl (C=O) groups is 1. The molecule has 0 atom stereocenters. The number of hydrogen-bond acceptors (Lipinski definition) is 4. The third kappa shape index (κ3) is 1.86. The summed E-state index contributed by atoms with van der Waals surface area (Å²) in [6.07, 6.45) is 5.05. The van der Waals surface area contributed by atoms with Gasteiger partial charge in [0.1, 0.15) is 11.6 Å². The second kappa shape index (κ2) is 4.13. The van der Waals surface area contributed by atoms with Crippen molar-refractivity contribution in [2.24, 2.45) is 0 Å². The van der Waals surface area contributed by atoms with Crippen molar-refractivity contribution >= 4 is 11.9 Å². The Morgan fingerprint density at radius 2 is 2.06 bits per heavy atom. The highest BCUT2D eigenvalue weighted by Gasteiger charge is 2.27. The Balaban J connectivity index is 1.87. The molecule has 17 heavy (non-hydrogen) atoms. The molecule has 1 aliphatic heterocycles. The molecular weight excluding hydrogens is 216 g/mol.